The Morgan fingerprint density at radius 3 is 2.71 bits per heavy atom. The number of hydrogen-bond acceptors (Lipinski definition) is 7. The fraction of sp³-hybridized carbons (Fsp3) is 0.136. The number of allylic oxidation sites excluding steroid dienone is 2. The Morgan fingerprint density at radius 2 is 1.90 bits per heavy atom. The summed E-state index contributed by atoms with van der Waals surface area (Å²) in [5.41, 5.74) is 4.57. The molecule has 6 nitrogen and oxygen atoms in total. The summed E-state index contributed by atoms with van der Waals surface area (Å²) in [7, 11) is -3.88. The van der Waals surface area contributed by atoms with Crippen LogP contribution in [0.5, 0.6) is 0 Å². The van der Waals surface area contributed by atoms with Gasteiger partial charge in [-0.2, -0.15) is 0 Å². The van der Waals surface area contributed by atoms with Crippen molar-refractivity contribution in [3.05, 3.63) is 64.8 Å². The number of Topliss-reactive ketones (excluding diaryl/α,β-unsaturated/α-hetero) is 1. The minimum Gasteiger partial charge on any atom is -0.355 e. The Bertz CT molecular complexity index is 1570. The van der Waals surface area contributed by atoms with E-state index in [1.54, 1.807) is 41.3 Å². The van der Waals surface area contributed by atoms with Crippen molar-refractivity contribution in [2.45, 2.75) is 22.5 Å². The first-order valence-electron chi connectivity index (χ1n) is 9.58. The molecular weight excluding hydrogens is 454 g/mol. The van der Waals surface area contributed by atoms with E-state index in [-0.39, 0.29) is 28.3 Å². The molecule has 0 atom stereocenters. The quantitative estimate of drug-likeness (QED) is 0.402. The van der Waals surface area contributed by atoms with E-state index in [1.807, 2.05) is 18.2 Å². The maximum absolute atomic E-state index is 13.4. The van der Waals surface area contributed by atoms with E-state index in [0.29, 0.717) is 16.6 Å². The Morgan fingerprint density at radius 1 is 1.10 bits per heavy atom. The number of nitrogens with zero attached hydrogens (tertiary/aromatic N) is 2. The minimum atomic E-state index is -3.88. The molecule has 1 N–H and O–H groups in total. The molecule has 0 saturated heterocycles. The van der Waals surface area contributed by atoms with Crippen molar-refractivity contribution in [1.29, 1.82) is 0 Å². The van der Waals surface area contributed by atoms with Gasteiger partial charge in [0.1, 0.15) is 4.75 Å². The van der Waals surface area contributed by atoms with E-state index < -0.39 is 20.4 Å². The van der Waals surface area contributed by atoms with E-state index in [2.05, 4.69) is 15.3 Å². The van der Waals surface area contributed by atoms with Gasteiger partial charge in [0.2, 0.25) is 0 Å². The molecule has 1 aliphatic heterocycles. The molecule has 3 heterocycles. The average molecular weight is 468 g/mol. The summed E-state index contributed by atoms with van der Waals surface area (Å²) in [4.78, 5) is 21.9. The number of thiazole rings is 1. The van der Waals surface area contributed by atoms with Gasteiger partial charge in [-0.25, -0.2) is 13.4 Å². The molecule has 0 saturated carbocycles. The van der Waals surface area contributed by atoms with Crippen LogP contribution in [0.4, 0.5) is 11.4 Å². The number of sulfone groups is 1. The molecule has 6 rings (SSSR count). The van der Waals surface area contributed by atoms with Gasteiger partial charge < -0.3 is 5.32 Å². The molecule has 1 spiro atoms. The fourth-order valence-electron chi connectivity index (χ4n) is 4.44. The lowest BCUT2D eigenvalue weighted by Gasteiger charge is -2.19. The maximum atomic E-state index is 13.4. The third-order valence-electron chi connectivity index (χ3n) is 6.06. The second-order valence-electron chi connectivity index (χ2n) is 7.68. The van der Waals surface area contributed by atoms with E-state index in [1.165, 1.54) is 6.07 Å². The summed E-state index contributed by atoms with van der Waals surface area (Å²) >= 11 is 8.16. The van der Waals surface area contributed by atoms with Crippen LogP contribution >= 0.6 is 22.9 Å². The lowest BCUT2D eigenvalue weighted by atomic mass is 9.94. The highest BCUT2D eigenvalue weighted by Crippen LogP contribution is 2.50. The summed E-state index contributed by atoms with van der Waals surface area (Å²) in [6, 6.07) is 9.12. The van der Waals surface area contributed by atoms with Crippen molar-refractivity contribution in [1.82, 2.24) is 9.97 Å². The first kappa shape index (κ1) is 18.9. The highest BCUT2D eigenvalue weighted by molar-refractivity contribution is 7.94. The van der Waals surface area contributed by atoms with Crippen LogP contribution in [0.25, 0.3) is 21.1 Å². The average Bonchev–Trinajstić information content (AvgIpc) is 3.46. The number of benzene rings is 2. The summed E-state index contributed by atoms with van der Waals surface area (Å²) in [5.74, 6) is -0.437. The summed E-state index contributed by atoms with van der Waals surface area (Å²) in [6.45, 7) is 0. The van der Waals surface area contributed by atoms with Gasteiger partial charge in [-0.3, -0.25) is 9.78 Å². The van der Waals surface area contributed by atoms with Gasteiger partial charge in [0.15, 0.2) is 15.6 Å². The third-order valence-corrected chi connectivity index (χ3v) is 9.68. The normalized spacial score (nSPS) is 18.3. The highest BCUT2D eigenvalue weighted by atomic mass is 35.5. The van der Waals surface area contributed by atoms with Gasteiger partial charge >= 0.3 is 0 Å². The molecule has 31 heavy (non-hydrogen) atoms. The van der Waals surface area contributed by atoms with Crippen LogP contribution in [0.3, 0.4) is 0 Å². The van der Waals surface area contributed by atoms with Gasteiger partial charge in [0.05, 0.1) is 36.7 Å². The van der Waals surface area contributed by atoms with E-state index in [0.717, 1.165) is 15.9 Å². The van der Waals surface area contributed by atoms with Crippen LogP contribution in [-0.2, 0) is 9.84 Å². The van der Waals surface area contributed by atoms with Crippen molar-refractivity contribution in [3.63, 3.8) is 0 Å². The topological polar surface area (TPSA) is 89.0 Å². The van der Waals surface area contributed by atoms with Gasteiger partial charge in [-0.15, -0.1) is 11.3 Å². The lowest BCUT2D eigenvalue weighted by molar-refractivity contribution is 0.0948. The number of nitrogens with one attached hydrogen (secondary N) is 1. The Balaban J connectivity index is 1.55. The van der Waals surface area contributed by atoms with E-state index in [4.69, 9.17) is 11.6 Å². The van der Waals surface area contributed by atoms with Crippen LogP contribution < -0.4 is 5.32 Å². The zero-order valence-corrected chi connectivity index (χ0v) is 18.3. The third kappa shape index (κ3) is 2.43. The second-order valence-corrected chi connectivity index (χ2v) is 11.2. The number of ketones is 1. The number of carbonyl (C=O) groups excluding carboxylic acids is 1. The van der Waals surface area contributed by atoms with Crippen LogP contribution in [0.15, 0.2) is 59.1 Å². The molecule has 0 unspecified atom stereocenters. The number of carbonyl (C=O) groups is 1. The maximum Gasteiger partial charge on any atom is 0.192 e. The van der Waals surface area contributed by atoms with Crippen LogP contribution in [0.2, 0.25) is 5.02 Å². The number of rotatable bonds is 2. The van der Waals surface area contributed by atoms with Crippen LogP contribution in [-0.4, -0.2) is 28.9 Å². The van der Waals surface area contributed by atoms with Gasteiger partial charge in [-0.05, 0) is 43.2 Å². The molecule has 1 aliphatic carbocycles. The Hall–Kier alpha value is -2.81. The molecule has 0 amide bonds. The lowest BCUT2D eigenvalue weighted by Crippen LogP contribution is -2.38. The number of fused-ring (bicyclic) bond motifs is 3. The van der Waals surface area contributed by atoms with Gasteiger partial charge in [0, 0.05) is 23.0 Å². The number of hydrogen-bond donors (Lipinski definition) is 1. The summed E-state index contributed by atoms with van der Waals surface area (Å²) in [6.07, 6.45) is 5.41. The second kappa shape index (κ2) is 6.35. The molecule has 0 fully saturated rings. The predicted molar refractivity (Wildman–Crippen MR) is 122 cm³/mol. The Kier molecular flexibility index (Phi) is 3.88. The summed E-state index contributed by atoms with van der Waals surface area (Å²) < 4.78 is 26.5. The fourth-order valence-corrected chi connectivity index (χ4v) is 7.63. The number of anilines is 2. The van der Waals surface area contributed by atoms with E-state index in [9.17, 15) is 13.2 Å². The van der Waals surface area contributed by atoms with Crippen molar-refractivity contribution in [2.24, 2.45) is 0 Å². The molecule has 154 valence electrons. The molecule has 2 aliphatic rings. The van der Waals surface area contributed by atoms with Crippen LogP contribution in [0.1, 0.15) is 23.2 Å². The van der Waals surface area contributed by atoms with Crippen molar-refractivity contribution < 1.29 is 13.2 Å². The first-order chi connectivity index (χ1) is 14.9. The van der Waals surface area contributed by atoms with E-state index >= 15 is 0 Å². The molecule has 4 aromatic rings. The standard InChI is InChI=1S/C22H14ClN3O3S2/c23-19-18-17(31(28,29)22(21(18)27)6-1-2-7-22)10-13-14(5-8-24-20(13)19)26-12-3-4-16-15(9-12)25-11-30-16/h1-5,8-11H,6-7H2,(H,24,26). The SMILES string of the molecule is O=C1c2c(cc3c(Nc4ccc5scnc5c4)ccnc3c2Cl)S(=O)(=O)C12CC=CC2. The first-order valence-corrected chi connectivity index (χ1v) is 12.3. The zero-order valence-electron chi connectivity index (χ0n) is 15.9. The van der Waals surface area contributed by atoms with Crippen LogP contribution in [0, 0.1) is 0 Å². The molecule has 9 heteroatoms. The van der Waals surface area contributed by atoms with Crippen molar-refractivity contribution in [3.8, 4) is 0 Å². The highest BCUT2D eigenvalue weighted by Gasteiger charge is 2.59. The number of aromatic nitrogens is 2. The molecule has 0 bridgehead atoms. The minimum absolute atomic E-state index is 0.00953. The molecule has 2 aromatic heterocycles. The van der Waals surface area contributed by atoms with Gasteiger partial charge in [-0.1, -0.05) is 23.8 Å². The van der Waals surface area contributed by atoms with Gasteiger partial charge in [0.25, 0.3) is 0 Å². The monoisotopic (exact) mass is 467 g/mol. The predicted octanol–water partition coefficient (Wildman–Crippen LogP) is 5.30. The molecular formula is C22H14ClN3O3S2. The number of halogens is 1. The largest absolute Gasteiger partial charge is 0.355 e. The Labute approximate surface area is 186 Å². The molecule has 0 radical (unpaired) electrons. The smallest absolute Gasteiger partial charge is 0.192 e. The molecule has 2 aromatic carbocycles. The zero-order chi connectivity index (χ0) is 21.4. The number of pyridine rings is 1. The van der Waals surface area contributed by atoms with Crippen molar-refractivity contribution in [2.75, 3.05) is 5.32 Å². The van der Waals surface area contributed by atoms with Crippen molar-refractivity contribution >= 4 is 71.1 Å². The summed E-state index contributed by atoms with van der Waals surface area (Å²) in [5, 5.41) is 3.95.